The van der Waals surface area contributed by atoms with Crippen molar-refractivity contribution in [2.75, 3.05) is 16.3 Å². The number of para-hydroxylation sites is 1. The highest BCUT2D eigenvalue weighted by molar-refractivity contribution is 7.92. The number of carbonyl (C=O) groups is 1. The largest absolute Gasteiger partial charge is 0.355 e. The lowest BCUT2D eigenvalue weighted by Crippen LogP contribution is -2.13. The van der Waals surface area contributed by atoms with Gasteiger partial charge >= 0.3 is 0 Å². The average Bonchev–Trinajstić information content (AvgIpc) is 3.08. The number of fused-ring (bicyclic) bond motifs is 2. The van der Waals surface area contributed by atoms with Crippen LogP contribution in [0, 0.1) is 0 Å². The van der Waals surface area contributed by atoms with E-state index in [1.165, 1.54) is 69.8 Å². The number of anilines is 3. The highest BCUT2D eigenvalue weighted by Crippen LogP contribution is 2.44. The Hall–Kier alpha value is -4.49. The minimum Gasteiger partial charge on any atom is -0.355 e. The first kappa shape index (κ1) is 33.4. The number of rotatable bonds is 16. The van der Waals surface area contributed by atoms with Gasteiger partial charge in [-0.1, -0.05) is 119 Å². The van der Waals surface area contributed by atoms with Gasteiger partial charge in [0.15, 0.2) is 5.78 Å². The van der Waals surface area contributed by atoms with E-state index in [1.54, 1.807) is 12.1 Å². The summed E-state index contributed by atoms with van der Waals surface area (Å²) in [5.74, 6) is -0.0440. The van der Waals surface area contributed by atoms with E-state index in [1.807, 2.05) is 54.6 Å². The Kier molecular flexibility index (Phi) is 10.6. The maximum absolute atomic E-state index is 14.1. The SMILES string of the molecule is CCCCCCCCCCCCc1ccc(Nc2ccc3nc(-c4ccccc4NS(C)(=O)=O)cc4c3c2C(=O)c2ccccc2-4)cc1. The summed E-state index contributed by atoms with van der Waals surface area (Å²) in [6.07, 6.45) is 15.6. The van der Waals surface area contributed by atoms with Gasteiger partial charge in [-0.3, -0.25) is 9.52 Å². The summed E-state index contributed by atoms with van der Waals surface area (Å²) in [7, 11) is -3.50. The predicted molar refractivity (Wildman–Crippen MR) is 200 cm³/mol. The van der Waals surface area contributed by atoms with Crippen molar-refractivity contribution >= 4 is 43.8 Å². The number of aromatic nitrogens is 1. The van der Waals surface area contributed by atoms with Crippen LogP contribution >= 0.6 is 0 Å². The number of hydrogen-bond donors (Lipinski definition) is 2. The molecule has 0 saturated carbocycles. The van der Waals surface area contributed by atoms with E-state index in [9.17, 15) is 13.2 Å². The topological polar surface area (TPSA) is 88.2 Å². The van der Waals surface area contributed by atoms with Crippen molar-refractivity contribution in [3.05, 3.63) is 108 Å². The first-order valence-corrected chi connectivity index (χ1v) is 19.3. The van der Waals surface area contributed by atoms with Crippen molar-refractivity contribution in [1.82, 2.24) is 4.98 Å². The minimum atomic E-state index is -3.50. The lowest BCUT2D eigenvalue weighted by atomic mass is 9.82. The first-order valence-electron chi connectivity index (χ1n) is 17.4. The van der Waals surface area contributed by atoms with Crippen LogP contribution in [0.15, 0.2) is 91.0 Å². The third-order valence-corrected chi connectivity index (χ3v) is 9.80. The molecule has 6 rings (SSSR count). The van der Waals surface area contributed by atoms with Crippen molar-refractivity contribution in [3.63, 3.8) is 0 Å². The van der Waals surface area contributed by atoms with Crippen LogP contribution in [0.25, 0.3) is 33.3 Å². The molecule has 2 N–H and O–H groups in total. The quantitative estimate of drug-likeness (QED) is 0.101. The predicted octanol–water partition coefficient (Wildman–Crippen LogP) is 10.7. The number of ketones is 1. The van der Waals surface area contributed by atoms with Crippen molar-refractivity contribution in [3.8, 4) is 22.4 Å². The Morgan fingerprint density at radius 1 is 0.646 bits per heavy atom. The lowest BCUT2D eigenvalue weighted by Gasteiger charge is -2.23. The smallest absolute Gasteiger partial charge is 0.229 e. The maximum atomic E-state index is 14.1. The second-order valence-corrected chi connectivity index (χ2v) is 14.7. The molecular formula is C41H45N3O3S. The second kappa shape index (κ2) is 15.2. The average molecular weight is 660 g/mol. The van der Waals surface area contributed by atoms with Crippen LogP contribution in [0.1, 0.15) is 92.6 Å². The fourth-order valence-electron chi connectivity index (χ4n) is 6.79. The standard InChI is InChI=1S/C41H45N3O3S/c1-3-4-5-6-7-8-9-10-11-12-17-29-22-24-30(25-23-29)42-37-27-26-36-39-34(31-18-13-14-19-32(31)41(45)40(37)39)28-38(43-36)33-20-15-16-21-35(33)44-48(2,46)47/h13-16,18-28,42,44H,3-12,17H2,1-2H3. The molecule has 5 aromatic rings. The van der Waals surface area contributed by atoms with E-state index in [0.717, 1.165) is 40.6 Å². The fourth-order valence-corrected chi connectivity index (χ4v) is 7.37. The Morgan fingerprint density at radius 2 is 1.27 bits per heavy atom. The molecule has 0 spiro atoms. The molecule has 0 fully saturated rings. The van der Waals surface area contributed by atoms with E-state index in [-0.39, 0.29) is 5.78 Å². The van der Waals surface area contributed by atoms with Crippen LogP contribution in [-0.4, -0.2) is 25.4 Å². The van der Waals surface area contributed by atoms with Gasteiger partial charge in [0.1, 0.15) is 0 Å². The van der Waals surface area contributed by atoms with E-state index < -0.39 is 10.0 Å². The minimum absolute atomic E-state index is 0.0440. The van der Waals surface area contributed by atoms with E-state index in [2.05, 4.69) is 41.2 Å². The Balaban J connectivity index is 1.22. The molecule has 0 radical (unpaired) electrons. The molecule has 1 heterocycles. The summed E-state index contributed by atoms with van der Waals surface area (Å²) in [5, 5.41) is 4.32. The number of hydrogen-bond acceptors (Lipinski definition) is 5. The summed E-state index contributed by atoms with van der Waals surface area (Å²) in [6.45, 7) is 2.27. The summed E-state index contributed by atoms with van der Waals surface area (Å²) in [4.78, 5) is 19.0. The van der Waals surface area contributed by atoms with Crippen molar-refractivity contribution in [2.45, 2.75) is 77.6 Å². The zero-order chi connectivity index (χ0) is 33.5. The molecule has 248 valence electrons. The van der Waals surface area contributed by atoms with Gasteiger partial charge in [-0.25, -0.2) is 13.4 Å². The number of pyridine rings is 1. The van der Waals surface area contributed by atoms with Crippen LogP contribution in [0.5, 0.6) is 0 Å². The monoisotopic (exact) mass is 659 g/mol. The zero-order valence-electron chi connectivity index (χ0n) is 28.0. The number of aryl methyl sites for hydroxylation is 1. The van der Waals surface area contributed by atoms with Gasteiger partial charge in [0.2, 0.25) is 10.0 Å². The Morgan fingerprint density at radius 3 is 1.96 bits per heavy atom. The van der Waals surface area contributed by atoms with Crippen molar-refractivity contribution in [1.29, 1.82) is 0 Å². The van der Waals surface area contributed by atoms with Crippen LogP contribution in [0.2, 0.25) is 0 Å². The fraction of sp³-hybridized carbons (Fsp3) is 0.317. The van der Waals surface area contributed by atoms with Crippen LogP contribution in [0.3, 0.4) is 0 Å². The summed E-state index contributed by atoms with van der Waals surface area (Å²) >= 11 is 0. The van der Waals surface area contributed by atoms with E-state index in [0.29, 0.717) is 33.6 Å². The molecule has 1 aromatic heterocycles. The summed E-state index contributed by atoms with van der Waals surface area (Å²) < 4.78 is 26.9. The normalized spacial score (nSPS) is 12.2. The number of nitrogens with zero attached hydrogens (tertiary/aromatic N) is 1. The van der Waals surface area contributed by atoms with Gasteiger partial charge in [-0.15, -0.1) is 0 Å². The molecule has 0 unspecified atom stereocenters. The maximum Gasteiger partial charge on any atom is 0.229 e. The van der Waals surface area contributed by atoms with E-state index in [4.69, 9.17) is 4.98 Å². The Bertz CT molecular complexity index is 2020. The Labute approximate surface area is 285 Å². The zero-order valence-corrected chi connectivity index (χ0v) is 28.8. The number of benzene rings is 4. The molecule has 0 saturated heterocycles. The van der Waals surface area contributed by atoms with Crippen LogP contribution < -0.4 is 10.0 Å². The number of carbonyl (C=O) groups excluding carboxylic acids is 1. The highest BCUT2D eigenvalue weighted by atomic mass is 32.2. The molecule has 6 nitrogen and oxygen atoms in total. The van der Waals surface area contributed by atoms with Gasteiger partial charge < -0.3 is 5.32 Å². The van der Waals surface area contributed by atoms with Crippen molar-refractivity contribution in [2.24, 2.45) is 0 Å². The molecule has 0 bridgehead atoms. The molecule has 0 amide bonds. The second-order valence-electron chi connectivity index (χ2n) is 13.0. The highest BCUT2D eigenvalue weighted by Gasteiger charge is 2.29. The third-order valence-electron chi connectivity index (χ3n) is 9.21. The van der Waals surface area contributed by atoms with Crippen LogP contribution in [0.4, 0.5) is 17.1 Å². The lowest BCUT2D eigenvalue weighted by molar-refractivity contribution is 0.104. The van der Waals surface area contributed by atoms with Gasteiger partial charge in [-0.2, -0.15) is 0 Å². The summed E-state index contributed by atoms with van der Waals surface area (Å²) in [5.41, 5.74) is 8.36. The molecule has 4 aromatic carbocycles. The molecule has 0 atom stereocenters. The van der Waals surface area contributed by atoms with Gasteiger partial charge in [0.25, 0.3) is 0 Å². The molecule has 48 heavy (non-hydrogen) atoms. The number of unbranched alkanes of at least 4 members (excludes halogenated alkanes) is 9. The third kappa shape index (κ3) is 7.79. The molecule has 1 aliphatic carbocycles. The summed E-state index contributed by atoms with van der Waals surface area (Å²) in [6, 6.07) is 29.2. The van der Waals surface area contributed by atoms with Gasteiger partial charge in [0, 0.05) is 22.2 Å². The van der Waals surface area contributed by atoms with E-state index >= 15 is 0 Å². The van der Waals surface area contributed by atoms with Crippen LogP contribution in [-0.2, 0) is 16.4 Å². The molecule has 0 aliphatic heterocycles. The molecular weight excluding hydrogens is 615 g/mol. The van der Waals surface area contributed by atoms with Gasteiger partial charge in [0.05, 0.1) is 34.4 Å². The molecule has 7 heteroatoms. The number of nitrogens with one attached hydrogen (secondary N) is 2. The van der Waals surface area contributed by atoms with Gasteiger partial charge in [-0.05, 0) is 65.9 Å². The molecule has 1 aliphatic rings. The van der Waals surface area contributed by atoms with Crippen molar-refractivity contribution < 1.29 is 13.2 Å². The first-order chi connectivity index (χ1) is 23.3. The number of sulfonamides is 1.